The number of thiazole rings is 2. The fraction of sp³-hybridized carbons (Fsp3) is 0.440. The number of rotatable bonds is 10. The molecule has 12 nitrogen and oxygen atoms in total. The molecule has 5 rings (SSSR count). The number of nitrogen functional groups attached to an aromatic ring is 1. The maximum atomic E-state index is 13.2. The van der Waals surface area contributed by atoms with Gasteiger partial charge in [0.05, 0.1) is 30.6 Å². The number of oxime groups is 1. The van der Waals surface area contributed by atoms with Gasteiger partial charge in [-0.1, -0.05) is 29.1 Å². The van der Waals surface area contributed by atoms with Gasteiger partial charge >= 0.3 is 5.13 Å². The lowest BCUT2D eigenvalue weighted by atomic mass is 10.0. The monoisotopic (exact) mass is 603 g/mol. The van der Waals surface area contributed by atoms with E-state index in [1.54, 1.807) is 16.7 Å². The van der Waals surface area contributed by atoms with Crippen molar-refractivity contribution in [3.63, 3.8) is 0 Å². The van der Waals surface area contributed by atoms with Gasteiger partial charge in [-0.25, -0.2) is 9.55 Å². The Kier molecular flexibility index (Phi) is 8.14. The summed E-state index contributed by atoms with van der Waals surface area (Å²) in [6, 6.07) is -0.950. The van der Waals surface area contributed by atoms with Crippen LogP contribution in [0.5, 0.6) is 0 Å². The molecule has 40 heavy (non-hydrogen) atoms. The summed E-state index contributed by atoms with van der Waals surface area (Å²) in [5, 5.41) is 21.0. The number of carbonyl (C=O) groups excluding carboxylic acids is 3. The molecule has 2 atom stereocenters. The molecule has 0 spiro atoms. The maximum absolute atomic E-state index is 13.2. The first-order valence-corrected chi connectivity index (χ1v) is 15.4. The van der Waals surface area contributed by atoms with E-state index in [2.05, 4.69) is 26.6 Å². The Hall–Kier alpha value is -3.43. The third kappa shape index (κ3) is 5.20. The van der Waals surface area contributed by atoms with Crippen LogP contribution in [0.25, 0.3) is 0 Å². The fourth-order valence-electron chi connectivity index (χ4n) is 5.07. The lowest BCUT2D eigenvalue weighted by Crippen LogP contribution is -2.71. The molecule has 3 N–H and O–H groups in total. The summed E-state index contributed by atoms with van der Waals surface area (Å²) in [6.45, 7) is 3.94. The second-order valence-electron chi connectivity index (χ2n) is 9.57. The number of nitrogens with one attached hydrogen (secondary N) is 1. The molecule has 1 fully saturated rings. The number of fused-ring (bicyclic) bond motifs is 2. The first-order valence-electron chi connectivity index (χ1n) is 12.6. The molecule has 212 valence electrons. The third-order valence-electron chi connectivity index (χ3n) is 6.91. The zero-order valence-electron chi connectivity index (χ0n) is 22.0. The van der Waals surface area contributed by atoms with Crippen LogP contribution in [0.2, 0.25) is 0 Å². The average Bonchev–Trinajstić information content (AvgIpc) is 3.52. The van der Waals surface area contributed by atoms with E-state index in [9.17, 15) is 19.5 Å². The molecule has 0 aromatic carbocycles. The predicted octanol–water partition coefficient (Wildman–Crippen LogP) is -0.0629. The van der Waals surface area contributed by atoms with E-state index in [1.165, 1.54) is 46.2 Å². The van der Waals surface area contributed by atoms with Gasteiger partial charge in [0.15, 0.2) is 10.8 Å². The van der Waals surface area contributed by atoms with Crippen LogP contribution in [0.3, 0.4) is 0 Å². The third-order valence-corrected chi connectivity index (χ3v) is 10.4. The summed E-state index contributed by atoms with van der Waals surface area (Å²) in [6.07, 6.45) is 5.91. The SMILES string of the molecule is C=CCO/N=C(/C(=O)N[C@@H]1C(=O)N2C(C(=O)[O-])=C(CN(C)c3sc4c([n+]3C)CCCC4)CS[C@H]12)c1csc(N)n1. The summed E-state index contributed by atoms with van der Waals surface area (Å²) in [5.41, 5.74) is 7.55. The molecule has 15 heteroatoms. The van der Waals surface area contributed by atoms with Gasteiger partial charge in [-0.05, 0) is 19.3 Å². The van der Waals surface area contributed by atoms with E-state index in [0.29, 0.717) is 17.9 Å². The number of nitrogens with two attached hydrogens (primary N) is 1. The number of hydrogen-bond acceptors (Lipinski definition) is 12. The van der Waals surface area contributed by atoms with Crippen molar-refractivity contribution in [2.24, 2.45) is 12.2 Å². The van der Waals surface area contributed by atoms with Gasteiger partial charge in [0, 0.05) is 23.1 Å². The van der Waals surface area contributed by atoms with Crippen LogP contribution < -0.4 is 25.6 Å². The zero-order valence-corrected chi connectivity index (χ0v) is 24.5. The zero-order chi connectivity index (χ0) is 28.6. The highest BCUT2D eigenvalue weighted by molar-refractivity contribution is 8.00. The molecular weight excluding hydrogens is 575 g/mol. The largest absolute Gasteiger partial charge is 0.543 e. The molecule has 1 saturated heterocycles. The molecule has 2 aliphatic heterocycles. The van der Waals surface area contributed by atoms with Crippen LogP contribution >= 0.6 is 34.4 Å². The highest BCUT2D eigenvalue weighted by Gasteiger charge is 2.53. The minimum Gasteiger partial charge on any atom is -0.543 e. The van der Waals surface area contributed by atoms with Crippen molar-refractivity contribution in [2.45, 2.75) is 37.1 Å². The standard InChI is InChI=1S/C25H29N7O5S3/c1-4-9-37-29-17(14-12-39-24(26)27-14)20(33)28-18-21(34)32-19(23(35)36)13(11-38-22(18)32)10-30(2)25-31(3)15-7-5-6-8-16(15)40-25/h4,12,18,22H,1,5-11H2,2-3H3,(H3-,26,27,28,33,35,36)/b29-17+/t18-,22-/m1/s1. The molecule has 3 aliphatic rings. The lowest BCUT2D eigenvalue weighted by Gasteiger charge is -2.50. The smallest absolute Gasteiger partial charge is 0.336 e. The van der Waals surface area contributed by atoms with Crippen LogP contribution in [0.15, 0.2) is 34.5 Å². The van der Waals surface area contributed by atoms with E-state index < -0.39 is 29.2 Å². The number of carboxylic acid groups (broad SMARTS) is 1. The van der Waals surface area contributed by atoms with Gasteiger partial charge in [0.25, 0.3) is 11.8 Å². The Morgan fingerprint density at radius 1 is 1.43 bits per heavy atom. The lowest BCUT2D eigenvalue weighted by molar-refractivity contribution is -0.662. The number of β-lactam (4-membered cyclic amide) rings is 1. The number of amides is 2. The van der Waals surface area contributed by atoms with E-state index in [1.807, 2.05) is 19.0 Å². The Bertz CT molecular complexity index is 1430. The van der Waals surface area contributed by atoms with Crippen molar-refractivity contribution >= 4 is 68.2 Å². The van der Waals surface area contributed by atoms with E-state index >= 15 is 0 Å². The van der Waals surface area contributed by atoms with E-state index in [4.69, 9.17) is 10.6 Å². The molecule has 0 radical (unpaired) electrons. The number of likely N-dealkylation sites (N-methyl/N-ethyl adjacent to an activating group) is 1. The van der Waals surface area contributed by atoms with Crippen molar-refractivity contribution in [1.29, 1.82) is 0 Å². The number of nitrogens with zero attached hydrogens (tertiary/aromatic N) is 5. The quantitative estimate of drug-likeness (QED) is 0.0948. The first-order chi connectivity index (χ1) is 19.2. The average molecular weight is 604 g/mol. The van der Waals surface area contributed by atoms with Crippen molar-refractivity contribution in [3.8, 4) is 0 Å². The molecular formula is C25H29N7O5S3. The number of carbonyl (C=O) groups is 3. The van der Waals surface area contributed by atoms with Crippen molar-refractivity contribution in [1.82, 2.24) is 15.2 Å². The predicted molar refractivity (Wildman–Crippen MR) is 152 cm³/mol. The number of aromatic nitrogens is 2. The first kappa shape index (κ1) is 28.1. The number of thioether (sulfide) groups is 1. The molecule has 2 aromatic rings. The molecule has 0 bridgehead atoms. The topological polar surface area (TPSA) is 157 Å². The van der Waals surface area contributed by atoms with Gasteiger partial charge in [0.1, 0.15) is 36.0 Å². The molecule has 1 aliphatic carbocycles. The molecule has 2 amide bonds. The van der Waals surface area contributed by atoms with E-state index in [0.717, 1.165) is 29.3 Å². The van der Waals surface area contributed by atoms with Gasteiger partial charge in [0.2, 0.25) is 0 Å². The van der Waals surface area contributed by atoms with Gasteiger partial charge in [-0.2, -0.15) is 0 Å². The second-order valence-corrected chi connectivity index (χ2v) is 12.6. The summed E-state index contributed by atoms with van der Waals surface area (Å²) in [7, 11) is 3.97. The minimum atomic E-state index is -1.42. The van der Waals surface area contributed by atoms with Crippen LogP contribution in [0, 0.1) is 0 Å². The van der Waals surface area contributed by atoms with Crippen molar-refractivity contribution < 1.29 is 28.9 Å². The van der Waals surface area contributed by atoms with Crippen molar-refractivity contribution in [2.75, 3.05) is 36.6 Å². The number of aliphatic carboxylic acids is 1. The Morgan fingerprint density at radius 3 is 2.88 bits per heavy atom. The highest BCUT2D eigenvalue weighted by atomic mass is 32.2. The second kappa shape index (κ2) is 11.6. The van der Waals surface area contributed by atoms with Crippen LogP contribution in [-0.2, 0) is 39.1 Å². The summed E-state index contributed by atoms with van der Waals surface area (Å²) >= 11 is 4.25. The minimum absolute atomic E-state index is 0.0636. The number of hydrogen-bond donors (Lipinski definition) is 2. The van der Waals surface area contributed by atoms with Crippen molar-refractivity contribution in [3.05, 3.63) is 45.6 Å². The normalized spacial score (nSPS) is 20.4. The number of anilines is 2. The van der Waals surface area contributed by atoms with Crippen LogP contribution in [0.4, 0.5) is 10.3 Å². The van der Waals surface area contributed by atoms with E-state index in [-0.39, 0.29) is 28.8 Å². The number of aryl methyl sites for hydroxylation is 1. The maximum Gasteiger partial charge on any atom is 0.336 e. The van der Waals surface area contributed by atoms with Crippen LogP contribution in [-0.4, -0.2) is 70.7 Å². The summed E-state index contributed by atoms with van der Waals surface area (Å²) in [4.78, 5) is 52.4. The van der Waals surface area contributed by atoms with Gasteiger partial charge < -0.3 is 25.8 Å². The van der Waals surface area contributed by atoms with Crippen LogP contribution in [0.1, 0.15) is 29.1 Å². The summed E-state index contributed by atoms with van der Waals surface area (Å²) in [5.74, 6) is -2.27. The highest BCUT2D eigenvalue weighted by Crippen LogP contribution is 2.41. The molecule has 2 aromatic heterocycles. The summed E-state index contributed by atoms with van der Waals surface area (Å²) < 4.78 is 2.19. The van der Waals surface area contributed by atoms with Gasteiger partial charge in [-0.3, -0.25) is 19.4 Å². The Morgan fingerprint density at radius 2 is 2.20 bits per heavy atom. The number of carboxylic acids is 1. The molecule has 4 heterocycles. The molecule has 0 unspecified atom stereocenters. The fourth-order valence-corrected chi connectivity index (χ4v) is 8.24. The Balaban J connectivity index is 1.33. The molecule has 0 saturated carbocycles. The Labute approximate surface area is 243 Å². The van der Waals surface area contributed by atoms with Gasteiger partial charge in [-0.15, -0.1) is 23.1 Å².